The summed E-state index contributed by atoms with van der Waals surface area (Å²) in [5, 5.41) is 23.1. The molecule has 2 heterocycles. The molecule has 2 fully saturated rings. The van der Waals surface area contributed by atoms with Crippen molar-refractivity contribution in [3.8, 4) is 11.5 Å². The van der Waals surface area contributed by atoms with E-state index in [1.54, 1.807) is 6.07 Å². The van der Waals surface area contributed by atoms with Crippen LogP contribution in [0.2, 0.25) is 0 Å². The molecule has 1 saturated heterocycles. The molecule has 0 aromatic heterocycles. The fourth-order valence-electron chi connectivity index (χ4n) is 7.24. The predicted molar refractivity (Wildman–Crippen MR) is 136 cm³/mol. The van der Waals surface area contributed by atoms with Crippen LogP contribution in [0.1, 0.15) is 70.9 Å². The summed E-state index contributed by atoms with van der Waals surface area (Å²) in [5.74, 6) is 1.36. The van der Waals surface area contributed by atoms with Crippen molar-refractivity contribution in [2.24, 2.45) is 5.92 Å². The van der Waals surface area contributed by atoms with Crippen LogP contribution in [0.5, 0.6) is 11.5 Å². The summed E-state index contributed by atoms with van der Waals surface area (Å²) in [5.41, 5.74) is 0.501. The summed E-state index contributed by atoms with van der Waals surface area (Å²) >= 11 is 0. The quantitative estimate of drug-likeness (QED) is 0.480. The molecule has 4 aliphatic rings. The van der Waals surface area contributed by atoms with Crippen LogP contribution in [0.3, 0.4) is 0 Å². The molecule has 1 spiro atoms. The molecule has 2 aliphatic heterocycles. The maximum atomic E-state index is 12.4. The molecule has 2 unspecified atom stereocenters. The first kappa shape index (κ1) is 25.1. The monoisotopic (exact) mass is 485 g/mol. The molecular formula is C29H43NO5. The number of aliphatic hydroxyl groups is 1. The zero-order chi connectivity index (χ0) is 25.0. The third-order valence-electron chi connectivity index (χ3n) is 9.11. The largest absolute Gasteiger partial charge is 0.504 e. The highest BCUT2D eigenvalue weighted by Gasteiger charge is 2.73. The molecule has 35 heavy (non-hydrogen) atoms. The van der Waals surface area contributed by atoms with Gasteiger partial charge >= 0.3 is 0 Å². The Labute approximate surface area is 210 Å². The number of hydrogen-bond acceptors (Lipinski definition) is 6. The van der Waals surface area contributed by atoms with Crippen LogP contribution in [0, 0.1) is 5.92 Å². The van der Waals surface area contributed by atoms with Gasteiger partial charge in [-0.1, -0.05) is 26.0 Å². The average molecular weight is 486 g/mol. The summed E-state index contributed by atoms with van der Waals surface area (Å²) in [6.07, 6.45) is 6.29. The van der Waals surface area contributed by atoms with Crippen LogP contribution in [0.25, 0.3) is 0 Å². The molecule has 0 radical (unpaired) electrons. The van der Waals surface area contributed by atoms with Crippen molar-refractivity contribution in [1.29, 1.82) is 0 Å². The van der Waals surface area contributed by atoms with Gasteiger partial charge in [0.2, 0.25) is 0 Å². The molecule has 5 atom stereocenters. The second kappa shape index (κ2) is 9.05. The molecule has 194 valence electrons. The van der Waals surface area contributed by atoms with Crippen molar-refractivity contribution in [3.63, 3.8) is 0 Å². The molecule has 2 N–H and O–H groups in total. The van der Waals surface area contributed by atoms with E-state index >= 15 is 0 Å². The molecule has 1 aromatic rings. The number of hydrogen-bond donors (Lipinski definition) is 2. The third-order valence-corrected chi connectivity index (χ3v) is 9.11. The third kappa shape index (κ3) is 3.92. The van der Waals surface area contributed by atoms with Gasteiger partial charge in [0.25, 0.3) is 0 Å². The Morgan fingerprint density at radius 3 is 2.83 bits per heavy atom. The van der Waals surface area contributed by atoms with Crippen molar-refractivity contribution in [1.82, 2.24) is 4.90 Å². The Morgan fingerprint density at radius 1 is 1.29 bits per heavy atom. The van der Waals surface area contributed by atoms with Crippen LogP contribution >= 0.6 is 0 Å². The summed E-state index contributed by atoms with van der Waals surface area (Å²) in [6.45, 7) is 15.6. The topological polar surface area (TPSA) is 71.4 Å². The Bertz CT molecular complexity index is 961. The van der Waals surface area contributed by atoms with E-state index in [-0.39, 0.29) is 29.6 Å². The van der Waals surface area contributed by atoms with Gasteiger partial charge in [0.1, 0.15) is 6.10 Å². The van der Waals surface area contributed by atoms with Crippen LogP contribution < -0.4 is 4.74 Å². The second-order valence-corrected chi connectivity index (χ2v) is 12.1. The minimum atomic E-state index is -0.913. The molecule has 6 heteroatoms. The van der Waals surface area contributed by atoms with E-state index in [1.807, 2.05) is 12.1 Å². The van der Waals surface area contributed by atoms with E-state index in [1.165, 1.54) is 5.56 Å². The number of benzene rings is 1. The number of phenolic OH excluding ortho intramolecular Hbond substituents is 1. The number of ether oxygens (including phenoxy) is 3. The van der Waals surface area contributed by atoms with Crippen LogP contribution in [0.4, 0.5) is 0 Å². The van der Waals surface area contributed by atoms with E-state index in [2.05, 4.69) is 39.2 Å². The highest BCUT2D eigenvalue weighted by molar-refractivity contribution is 5.62. The molecule has 1 aromatic carbocycles. The predicted octanol–water partition coefficient (Wildman–Crippen LogP) is 4.35. The maximum absolute atomic E-state index is 12.4. The van der Waals surface area contributed by atoms with Gasteiger partial charge in [-0.05, 0) is 76.5 Å². The first-order valence-corrected chi connectivity index (χ1v) is 13.5. The number of piperidine rings is 1. The van der Waals surface area contributed by atoms with Gasteiger partial charge in [0.15, 0.2) is 11.5 Å². The molecule has 1 saturated carbocycles. The van der Waals surface area contributed by atoms with E-state index in [9.17, 15) is 10.2 Å². The summed E-state index contributed by atoms with van der Waals surface area (Å²) in [6, 6.07) is 3.78. The van der Waals surface area contributed by atoms with Crippen molar-refractivity contribution >= 4 is 0 Å². The van der Waals surface area contributed by atoms with Gasteiger partial charge in [-0.15, -0.1) is 6.58 Å². The molecule has 2 aliphatic carbocycles. The molecular weight excluding hydrogens is 442 g/mol. The van der Waals surface area contributed by atoms with Gasteiger partial charge in [0, 0.05) is 31.4 Å². The van der Waals surface area contributed by atoms with Gasteiger partial charge in [-0.2, -0.15) is 0 Å². The number of likely N-dealkylation sites (tertiary alicyclic amines) is 1. The Morgan fingerprint density at radius 2 is 2.09 bits per heavy atom. The van der Waals surface area contributed by atoms with Crippen LogP contribution in [0.15, 0.2) is 24.8 Å². The Balaban J connectivity index is 1.38. The normalized spacial score (nSPS) is 33.5. The van der Waals surface area contributed by atoms with Crippen molar-refractivity contribution in [3.05, 3.63) is 35.9 Å². The van der Waals surface area contributed by atoms with Crippen LogP contribution in [-0.2, 0) is 21.3 Å². The lowest BCUT2D eigenvalue weighted by molar-refractivity contribution is -0.215. The molecule has 0 amide bonds. The first-order chi connectivity index (χ1) is 16.6. The van der Waals surface area contributed by atoms with Crippen molar-refractivity contribution in [2.45, 2.75) is 101 Å². The SMILES string of the molecule is C=CCN1CC[C@]23c4c5ccc(O)c4OC2[C@@H](OCCC(C)(C)OCCC(C)C)CC[C@@]3(O)C1C5. The van der Waals surface area contributed by atoms with Gasteiger partial charge < -0.3 is 24.4 Å². The fourth-order valence-corrected chi connectivity index (χ4v) is 7.24. The highest BCUT2D eigenvalue weighted by atomic mass is 16.6. The van der Waals surface area contributed by atoms with E-state index < -0.39 is 11.0 Å². The molecule has 5 rings (SSSR count). The van der Waals surface area contributed by atoms with Gasteiger partial charge in [0.05, 0.1) is 22.7 Å². The smallest absolute Gasteiger partial charge is 0.165 e. The van der Waals surface area contributed by atoms with Crippen LogP contribution in [-0.4, -0.2) is 70.9 Å². The maximum Gasteiger partial charge on any atom is 0.165 e. The molecule has 6 nitrogen and oxygen atoms in total. The second-order valence-electron chi connectivity index (χ2n) is 12.1. The Hall–Kier alpha value is -1.60. The van der Waals surface area contributed by atoms with E-state index in [4.69, 9.17) is 14.2 Å². The number of aromatic hydroxyl groups is 1. The van der Waals surface area contributed by atoms with Gasteiger partial charge in [-0.3, -0.25) is 4.90 Å². The highest BCUT2D eigenvalue weighted by Crippen LogP contribution is 2.65. The first-order valence-electron chi connectivity index (χ1n) is 13.5. The lowest BCUT2D eigenvalue weighted by Gasteiger charge is -2.64. The Kier molecular flexibility index (Phi) is 6.48. The molecule has 2 bridgehead atoms. The minimum absolute atomic E-state index is 0.0117. The number of rotatable bonds is 10. The summed E-state index contributed by atoms with van der Waals surface area (Å²) in [4.78, 5) is 2.38. The lowest BCUT2D eigenvalue weighted by Crippen LogP contribution is -2.77. The number of phenols is 1. The van der Waals surface area contributed by atoms with Crippen molar-refractivity contribution < 1.29 is 24.4 Å². The average Bonchev–Trinajstić information content (AvgIpc) is 3.14. The zero-order valence-corrected chi connectivity index (χ0v) is 21.9. The summed E-state index contributed by atoms with van der Waals surface area (Å²) < 4.78 is 19.2. The standard InChI is InChI=1S/C29H43NO5/c1-6-14-30-15-12-28-24-20-7-8-21(31)25(24)35-26(28)22(9-11-29(28,32)23(30)18-20)33-17-13-27(4,5)34-16-10-19(2)3/h6-8,19,22-23,26,31-32H,1,9-18H2,2-5H3/t22-,23?,26?,28-,29+/m0/s1. The van der Waals surface area contributed by atoms with E-state index in [0.29, 0.717) is 24.7 Å². The fraction of sp³-hybridized carbons (Fsp3) is 0.724. The lowest BCUT2D eigenvalue weighted by atomic mass is 9.48. The summed E-state index contributed by atoms with van der Waals surface area (Å²) in [7, 11) is 0. The zero-order valence-electron chi connectivity index (χ0n) is 21.9. The van der Waals surface area contributed by atoms with Crippen molar-refractivity contribution in [2.75, 3.05) is 26.3 Å². The minimum Gasteiger partial charge on any atom is -0.504 e. The van der Waals surface area contributed by atoms with Gasteiger partial charge in [-0.25, -0.2) is 0 Å². The number of nitrogens with zero attached hydrogens (tertiary/aromatic N) is 1. The van der Waals surface area contributed by atoms with E-state index in [0.717, 1.165) is 57.4 Å².